The van der Waals surface area contributed by atoms with Crippen LogP contribution in [0.4, 0.5) is 17.3 Å². The number of aromatic nitrogens is 4. The summed E-state index contributed by atoms with van der Waals surface area (Å²) in [6.45, 7) is 3.69. The molecule has 5 rings (SSSR count). The Bertz CT molecular complexity index is 1480. The fourth-order valence-electron chi connectivity index (χ4n) is 4.08. The Hall–Kier alpha value is -4.49. The van der Waals surface area contributed by atoms with Crippen LogP contribution in [-0.4, -0.2) is 68.3 Å². The van der Waals surface area contributed by atoms with Crippen molar-refractivity contribution in [1.82, 2.24) is 19.9 Å². The molecule has 1 aliphatic heterocycles. The van der Waals surface area contributed by atoms with Gasteiger partial charge in [0.1, 0.15) is 0 Å². The van der Waals surface area contributed by atoms with E-state index in [1.807, 2.05) is 0 Å². The number of methoxy groups -OCH3 is 1. The van der Waals surface area contributed by atoms with Gasteiger partial charge in [-0.2, -0.15) is 0 Å². The number of amides is 2. The first-order valence-electron chi connectivity index (χ1n) is 11.3. The van der Waals surface area contributed by atoms with E-state index in [1.165, 1.54) is 18.1 Å². The van der Waals surface area contributed by atoms with Gasteiger partial charge in [-0.3, -0.25) is 14.5 Å². The number of aliphatic hydroxyl groups excluding tert-OH is 1. The molecular formula is C24H25N7O6. The minimum atomic E-state index is -1.79. The van der Waals surface area contributed by atoms with Gasteiger partial charge in [0.2, 0.25) is 5.88 Å². The summed E-state index contributed by atoms with van der Waals surface area (Å²) in [5.41, 5.74) is 6.22. The fraction of sp³-hybridized carbons (Fsp3) is 0.292. The van der Waals surface area contributed by atoms with E-state index in [0.29, 0.717) is 34.0 Å². The van der Waals surface area contributed by atoms with Crippen LogP contribution in [0.15, 0.2) is 53.3 Å². The molecule has 0 bridgehead atoms. The van der Waals surface area contributed by atoms with Gasteiger partial charge in [0, 0.05) is 36.3 Å². The van der Waals surface area contributed by atoms with Crippen molar-refractivity contribution in [2.24, 2.45) is 0 Å². The Balaban J connectivity index is 1.36. The van der Waals surface area contributed by atoms with Crippen molar-refractivity contribution < 1.29 is 28.7 Å². The van der Waals surface area contributed by atoms with E-state index in [1.54, 1.807) is 61.3 Å². The van der Waals surface area contributed by atoms with Crippen LogP contribution in [0.2, 0.25) is 0 Å². The zero-order chi connectivity index (χ0) is 26.3. The number of hydrogen-bond donors (Lipinski definition) is 3. The summed E-state index contributed by atoms with van der Waals surface area (Å²) in [5, 5.41) is 22.2. The summed E-state index contributed by atoms with van der Waals surface area (Å²) in [6, 6.07) is 9.83. The maximum absolute atomic E-state index is 13.4. The van der Waals surface area contributed by atoms with E-state index >= 15 is 0 Å². The molecule has 2 amide bonds. The second-order valence-corrected chi connectivity index (χ2v) is 9.11. The average Bonchev–Trinajstić information content (AvgIpc) is 3.52. The fourth-order valence-corrected chi connectivity index (χ4v) is 4.08. The Morgan fingerprint density at radius 2 is 2.11 bits per heavy atom. The standard InChI is InChI=1S/C24H25N7O6/c1-24(2)12-30(17-7-9-31(28-17)14-6-8-26-18(11-14)35-3)23(34)20(36-24)19(32)22(33)27-13-4-5-15-16(10-13)37-29-21(15)25/h4-11,19-20,32H,12H2,1-3H3,(H2,25,29)(H,27,33). The highest BCUT2D eigenvalue weighted by molar-refractivity contribution is 6.04. The number of aliphatic hydroxyl groups is 1. The Kier molecular flexibility index (Phi) is 6.01. The van der Waals surface area contributed by atoms with Gasteiger partial charge in [-0.05, 0) is 32.0 Å². The lowest BCUT2D eigenvalue weighted by atomic mass is 10.0. The maximum atomic E-state index is 13.4. The quantitative estimate of drug-likeness (QED) is 0.347. The second-order valence-electron chi connectivity index (χ2n) is 9.11. The molecule has 13 heteroatoms. The van der Waals surface area contributed by atoms with Crippen LogP contribution in [0.3, 0.4) is 0 Å². The van der Waals surface area contributed by atoms with E-state index < -0.39 is 29.6 Å². The van der Waals surface area contributed by atoms with Crippen molar-refractivity contribution >= 4 is 40.1 Å². The molecule has 13 nitrogen and oxygen atoms in total. The zero-order valence-corrected chi connectivity index (χ0v) is 20.3. The monoisotopic (exact) mass is 507 g/mol. The van der Waals surface area contributed by atoms with Crippen molar-refractivity contribution in [1.29, 1.82) is 0 Å². The lowest BCUT2D eigenvalue weighted by molar-refractivity contribution is -0.169. The zero-order valence-electron chi connectivity index (χ0n) is 20.3. The molecule has 0 spiro atoms. The van der Waals surface area contributed by atoms with E-state index in [9.17, 15) is 14.7 Å². The molecule has 37 heavy (non-hydrogen) atoms. The van der Waals surface area contributed by atoms with Crippen LogP contribution in [0.5, 0.6) is 5.88 Å². The number of hydrogen-bond acceptors (Lipinski definition) is 10. The van der Waals surface area contributed by atoms with Crippen molar-refractivity contribution in [3.63, 3.8) is 0 Å². The number of ether oxygens (including phenoxy) is 2. The molecule has 3 aromatic heterocycles. The predicted octanol–water partition coefficient (Wildman–Crippen LogP) is 1.51. The van der Waals surface area contributed by atoms with Gasteiger partial charge in [0.05, 0.1) is 30.3 Å². The first-order chi connectivity index (χ1) is 17.6. The van der Waals surface area contributed by atoms with Gasteiger partial charge in [0.15, 0.2) is 29.4 Å². The van der Waals surface area contributed by atoms with E-state index in [0.717, 1.165) is 0 Å². The number of benzene rings is 1. The number of carbonyl (C=O) groups is 2. The Morgan fingerprint density at radius 1 is 1.30 bits per heavy atom. The molecule has 0 saturated carbocycles. The highest BCUT2D eigenvalue weighted by atomic mass is 16.5. The summed E-state index contributed by atoms with van der Waals surface area (Å²) in [7, 11) is 1.51. The largest absolute Gasteiger partial charge is 0.481 e. The molecule has 1 fully saturated rings. The first-order valence-corrected chi connectivity index (χ1v) is 11.3. The number of rotatable bonds is 6. The summed E-state index contributed by atoms with van der Waals surface area (Å²) in [6.07, 6.45) is 0.0133. The highest BCUT2D eigenvalue weighted by Crippen LogP contribution is 2.29. The molecule has 0 radical (unpaired) electrons. The molecule has 4 heterocycles. The molecule has 4 aromatic rings. The van der Waals surface area contributed by atoms with Gasteiger partial charge in [-0.1, -0.05) is 5.16 Å². The van der Waals surface area contributed by atoms with Gasteiger partial charge in [0.25, 0.3) is 11.8 Å². The van der Waals surface area contributed by atoms with Crippen LogP contribution in [0, 0.1) is 0 Å². The smallest absolute Gasteiger partial charge is 0.260 e. The SMILES string of the molecule is COc1cc(-n2ccc(N3CC(C)(C)OC(C(O)C(=O)Nc4ccc5c(N)noc5c4)C3=O)n2)ccn1. The first kappa shape index (κ1) is 24.2. The van der Waals surface area contributed by atoms with E-state index in [4.69, 9.17) is 19.7 Å². The molecule has 0 aliphatic carbocycles. The number of carbonyl (C=O) groups excluding carboxylic acids is 2. The average molecular weight is 508 g/mol. The van der Waals surface area contributed by atoms with Crippen molar-refractivity contribution in [3.8, 4) is 11.6 Å². The summed E-state index contributed by atoms with van der Waals surface area (Å²) in [4.78, 5) is 31.7. The van der Waals surface area contributed by atoms with E-state index in [2.05, 4.69) is 20.6 Å². The maximum Gasteiger partial charge on any atom is 0.260 e. The lowest BCUT2D eigenvalue weighted by Crippen LogP contribution is -2.61. The number of nitrogen functional groups attached to an aromatic ring is 1. The lowest BCUT2D eigenvalue weighted by Gasteiger charge is -2.42. The molecule has 2 unspecified atom stereocenters. The number of anilines is 3. The third-order valence-corrected chi connectivity index (χ3v) is 5.86. The Morgan fingerprint density at radius 3 is 2.89 bits per heavy atom. The van der Waals surface area contributed by atoms with Crippen LogP contribution in [0.1, 0.15) is 13.8 Å². The number of nitrogens with zero attached hydrogens (tertiary/aromatic N) is 5. The van der Waals surface area contributed by atoms with Crippen LogP contribution >= 0.6 is 0 Å². The van der Waals surface area contributed by atoms with Crippen LogP contribution in [0.25, 0.3) is 16.7 Å². The molecule has 2 atom stereocenters. The number of nitrogens with one attached hydrogen (secondary N) is 1. The van der Waals surface area contributed by atoms with Crippen molar-refractivity contribution in [2.45, 2.75) is 31.7 Å². The molecule has 192 valence electrons. The van der Waals surface area contributed by atoms with Gasteiger partial charge in [-0.15, -0.1) is 5.10 Å². The normalized spacial score (nSPS) is 18.1. The van der Waals surface area contributed by atoms with Gasteiger partial charge < -0.3 is 30.2 Å². The predicted molar refractivity (Wildman–Crippen MR) is 132 cm³/mol. The summed E-state index contributed by atoms with van der Waals surface area (Å²) >= 11 is 0. The van der Waals surface area contributed by atoms with Gasteiger partial charge in [-0.25, -0.2) is 9.67 Å². The number of nitrogens with two attached hydrogens (primary N) is 1. The second kappa shape index (κ2) is 9.19. The van der Waals surface area contributed by atoms with Crippen molar-refractivity contribution in [3.05, 3.63) is 48.8 Å². The molecule has 1 aromatic carbocycles. The van der Waals surface area contributed by atoms with Gasteiger partial charge >= 0.3 is 0 Å². The molecule has 4 N–H and O–H groups in total. The minimum absolute atomic E-state index is 0.164. The topological polar surface area (TPSA) is 171 Å². The van der Waals surface area contributed by atoms with Crippen molar-refractivity contribution in [2.75, 3.05) is 29.6 Å². The van der Waals surface area contributed by atoms with Crippen LogP contribution in [-0.2, 0) is 14.3 Å². The number of morpholine rings is 1. The highest BCUT2D eigenvalue weighted by Gasteiger charge is 2.46. The summed E-state index contributed by atoms with van der Waals surface area (Å²) in [5.74, 6) is -0.446. The third-order valence-electron chi connectivity index (χ3n) is 5.86. The molecular weight excluding hydrogens is 482 g/mol. The summed E-state index contributed by atoms with van der Waals surface area (Å²) < 4.78 is 17.7. The van der Waals surface area contributed by atoms with E-state index in [-0.39, 0.29) is 12.4 Å². The Labute approximate surface area is 210 Å². The molecule has 1 saturated heterocycles. The minimum Gasteiger partial charge on any atom is -0.481 e. The molecule has 1 aliphatic rings. The van der Waals surface area contributed by atoms with Crippen LogP contribution < -0.4 is 20.7 Å². The number of pyridine rings is 1. The number of fused-ring (bicyclic) bond motifs is 1. The third kappa shape index (κ3) is 4.69.